The Bertz CT molecular complexity index is 860. The first-order chi connectivity index (χ1) is 12.7. The Labute approximate surface area is 161 Å². The second kappa shape index (κ2) is 7.70. The zero-order chi connectivity index (χ0) is 17.9. The van der Waals surface area contributed by atoms with Gasteiger partial charge in [0.1, 0.15) is 0 Å². The van der Waals surface area contributed by atoms with Crippen LogP contribution in [0.15, 0.2) is 53.2 Å². The summed E-state index contributed by atoms with van der Waals surface area (Å²) in [6, 6.07) is 14.6. The molecular weight excluding hydrogens is 362 g/mol. The number of likely N-dealkylation sites (tertiary alicyclic amines) is 1. The molecular formula is C20H21N3OS2. The highest BCUT2D eigenvalue weighted by molar-refractivity contribution is 7.14. The zero-order valence-corrected chi connectivity index (χ0v) is 16.3. The van der Waals surface area contributed by atoms with Crippen LogP contribution in [-0.2, 0) is 11.3 Å². The fourth-order valence-electron chi connectivity index (χ4n) is 3.50. The third kappa shape index (κ3) is 3.58. The highest BCUT2D eigenvalue weighted by atomic mass is 32.1. The Morgan fingerprint density at radius 3 is 2.81 bits per heavy atom. The molecule has 0 aliphatic carbocycles. The lowest BCUT2D eigenvalue weighted by molar-refractivity contribution is -0.115. The largest absolute Gasteiger partial charge is 0.290 e. The van der Waals surface area contributed by atoms with Gasteiger partial charge in [0.25, 0.3) is 0 Å². The van der Waals surface area contributed by atoms with Crippen molar-refractivity contribution in [1.82, 2.24) is 9.88 Å². The van der Waals surface area contributed by atoms with Crippen molar-refractivity contribution in [3.05, 3.63) is 63.8 Å². The van der Waals surface area contributed by atoms with Crippen molar-refractivity contribution < 1.29 is 4.79 Å². The first kappa shape index (κ1) is 17.4. The van der Waals surface area contributed by atoms with Gasteiger partial charge in [-0.15, -0.1) is 22.7 Å². The fraction of sp³-hybridized carbons (Fsp3) is 0.300. The maximum absolute atomic E-state index is 12.2. The SMILES string of the molecule is CC(=O)N(c1ccccc1)c1nc(CN2CCC[C@@H]2c2cccs2)cs1. The van der Waals surface area contributed by atoms with Gasteiger partial charge >= 0.3 is 0 Å². The summed E-state index contributed by atoms with van der Waals surface area (Å²) in [5.41, 5.74) is 1.90. The molecule has 0 bridgehead atoms. The molecule has 3 aromatic rings. The maximum Gasteiger partial charge on any atom is 0.230 e. The minimum absolute atomic E-state index is 0.0188. The summed E-state index contributed by atoms with van der Waals surface area (Å²) in [4.78, 5) is 22.6. The normalized spacial score (nSPS) is 17.5. The highest BCUT2D eigenvalue weighted by Crippen LogP contribution is 2.36. The van der Waals surface area contributed by atoms with E-state index in [0.717, 1.165) is 29.6 Å². The van der Waals surface area contributed by atoms with Gasteiger partial charge in [-0.3, -0.25) is 14.6 Å². The summed E-state index contributed by atoms with van der Waals surface area (Å²) < 4.78 is 0. The number of hydrogen-bond donors (Lipinski definition) is 0. The number of carbonyl (C=O) groups is 1. The Morgan fingerprint density at radius 2 is 2.08 bits per heavy atom. The van der Waals surface area contributed by atoms with Gasteiger partial charge in [-0.05, 0) is 43.0 Å². The molecule has 2 aromatic heterocycles. The van der Waals surface area contributed by atoms with E-state index in [2.05, 4.69) is 27.8 Å². The third-order valence-corrected chi connectivity index (χ3v) is 6.51. The number of rotatable bonds is 5. The first-order valence-electron chi connectivity index (χ1n) is 8.80. The van der Waals surface area contributed by atoms with Crippen LogP contribution in [0.2, 0.25) is 0 Å². The Balaban J connectivity index is 1.53. The zero-order valence-electron chi connectivity index (χ0n) is 14.7. The number of carbonyl (C=O) groups excluding carboxylic acids is 1. The summed E-state index contributed by atoms with van der Waals surface area (Å²) in [6.07, 6.45) is 2.43. The maximum atomic E-state index is 12.2. The second-order valence-electron chi connectivity index (χ2n) is 6.46. The van der Waals surface area contributed by atoms with Crippen LogP contribution in [0.3, 0.4) is 0 Å². The number of anilines is 2. The monoisotopic (exact) mass is 383 g/mol. The highest BCUT2D eigenvalue weighted by Gasteiger charge is 2.27. The molecule has 1 atom stereocenters. The van der Waals surface area contributed by atoms with Crippen molar-refractivity contribution in [2.24, 2.45) is 0 Å². The number of thiophene rings is 1. The van der Waals surface area contributed by atoms with Crippen molar-refractivity contribution in [3.63, 3.8) is 0 Å². The molecule has 1 aliphatic heterocycles. The molecule has 1 amide bonds. The number of benzene rings is 1. The van der Waals surface area contributed by atoms with Gasteiger partial charge in [0, 0.05) is 29.8 Å². The molecule has 0 radical (unpaired) electrons. The quantitative estimate of drug-likeness (QED) is 0.605. The molecule has 1 aromatic carbocycles. The van der Waals surface area contributed by atoms with Crippen molar-refractivity contribution >= 4 is 39.4 Å². The molecule has 1 fully saturated rings. The molecule has 4 nitrogen and oxygen atoms in total. The second-order valence-corrected chi connectivity index (χ2v) is 8.27. The summed E-state index contributed by atoms with van der Waals surface area (Å²) in [5, 5.41) is 4.97. The van der Waals surface area contributed by atoms with E-state index in [-0.39, 0.29) is 5.91 Å². The molecule has 0 saturated carbocycles. The predicted molar refractivity (Wildman–Crippen MR) is 108 cm³/mol. The van der Waals surface area contributed by atoms with Gasteiger partial charge in [-0.2, -0.15) is 0 Å². The van der Waals surface area contributed by atoms with Gasteiger partial charge in [0.05, 0.1) is 11.4 Å². The van der Waals surface area contributed by atoms with E-state index in [1.165, 1.54) is 29.1 Å². The molecule has 1 saturated heterocycles. The lowest BCUT2D eigenvalue weighted by Gasteiger charge is -2.22. The first-order valence-corrected chi connectivity index (χ1v) is 10.6. The van der Waals surface area contributed by atoms with Gasteiger partial charge in [0.15, 0.2) is 5.13 Å². The molecule has 4 rings (SSSR count). The molecule has 0 N–H and O–H groups in total. The van der Waals surface area contributed by atoms with Crippen LogP contribution in [0, 0.1) is 0 Å². The van der Waals surface area contributed by atoms with Crippen molar-refractivity contribution in [3.8, 4) is 0 Å². The standard InChI is InChI=1S/C20H21N3OS2/c1-15(24)23(17-7-3-2-4-8-17)20-21-16(14-26-20)13-22-11-5-9-18(22)19-10-6-12-25-19/h2-4,6-8,10,12,14,18H,5,9,11,13H2,1H3/t18-/m1/s1. The van der Waals surface area contributed by atoms with Crippen LogP contribution in [-0.4, -0.2) is 22.3 Å². The molecule has 0 spiro atoms. The lowest BCUT2D eigenvalue weighted by Crippen LogP contribution is -2.24. The summed E-state index contributed by atoms with van der Waals surface area (Å²) in [5.74, 6) is -0.0188. The summed E-state index contributed by atoms with van der Waals surface area (Å²) >= 11 is 3.37. The van der Waals surface area contributed by atoms with Crippen molar-refractivity contribution in [2.75, 3.05) is 11.4 Å². The minimum atomic E-state index is -0.0188. The summed E-state index contributed by atoms with van der Waals surface area (Å²) in [6.45, 7) is 3.52. The van der Waals surface area contributed by atoms with E-state index >= 15 is 0 Å². The number of nitrogens with zero attached hydrogens (tertiary/aromatic N) is 3. The molecule has 3 heterocycles. The number of aromatic nitrogens is 1. The lowest BCUT2D eigenvalue weighted by atomic mass is 10.2. The van der Waals surface area contributed by atoms with Crippen LogP contribution in [0.1, 0.15) is 36.4 Å². The Morgan fingerprint density at radius 1 is 1.23 bits per heavy atom. The summed E-state index contributed by atoms with van der Waals surface area (Å²) in [7, 11) is 0. The van der Waals surface area contributed by atoms with E-state index in [1.54, 1.807) is 11.8 Å². The van der Waals surface area contributed by atoms with E-state index in [0.29, 0.717) is 6.04 Å². The van der Waals surface area contributed by atoms with E-state index in [1.807, 2.05) is 41.7 Å². The number of thiazole rings is 1. The number of para-hydroxylation sites is 1. The van der Waals surface area contributed by atoms with Crippen LogP contribution >= 0.6 is 22.7 Å². The van der Waals surface area contributed by atoms with Gasteiger partial charge < -0.3 is 0 Å². The average molecular weight is 384 g/mol. The number of hydrogen-bond acceptors (Lipinski definition) is 5. The molecule has 1 aliphatic rings. The Kier molecular flexibility index (Phi) is 5.15. The number of amides is 1. The molecule has 134 valence electrons. The van der Waals surface area contributed by atoms with Crippen LogP contribution in [0.5, 0.6) is 0 Å². The van der Waals surface area contributed by atoms with Gasteiger partial charge in [-0.1, -0.05) is 24.3 Å². The van der Waals surface area contributed by atoms with E-state index < -0.39 is 0 Å². The van der Waals surface area contributed by atoms with Gasteiger partial charge in [0.2, 0.25) is 5.91 Å². The van der Waals surface area contributed by atoms with E-state index in [9.17, 15) is 4.79 Å². The van der Waals surface area contributed by atoms with Crippen molar-refractivity contribution in [1.29, 1.82) is 0 Å². The fourth-order valence-corrected chi connectivity index (χ4v) is 5.28. The van der Waals surface area contributed by atoms with Crippen LogP contribution < -0.4 is 4.90 Å². The average Bonchev–Trinajstić information content (AvgIpc) is 3.38. The third-order valence-electron chi connectivity index (χ3n) is 4.66. The van der Waals surface area contributed by atoms with E-state index in [4.69, 9.17) is 4.98 Å². The van der Waals surface area contributed by atoms with Crippen LogP contribution in [0.4, 0.5) is 10.8 Å². The minimum Gasteiger partial charge on any atom is -0.290 e. The molecule has 26 heavy (non-hydrogen) atoms. The predicted octanol–water partition coefficient (Wildman–Crippen LogP) is 5.23. The van der Waals surface area contributed by atoms with Gasteiger partial charge in [-0.25, -0.2) is 4.98 Å². The van der Waals surface area contributed by atoms with Crippen LogP contribution in [0.25, 0.3) is 0 Å². The topological polar surface area (TPSA) is 36.4 Å². The molecule has 6 heteroatoms. The Hall–Kier alpha value is -2.02. The van der Waals surface area contributed by atoms with Crippen molar-refractivity contribution in [2.45, 2.75) is 32.4 Å². The molecule has 0 unspecified atom stereocenters. The smallest absolute Gasteiger partial charge is 0.230 e.